The van der Waals surface area contributed by atoms with E-state index in [4.69, 9.17) is 9.84 Å². The number of amides is 1. The second kappa shape index (κ2) is 6.83. The summed E-state index contributed by atoms with van der Waals surface area (Å²) < 4.78 is 9.39. The number of methoxy groups -OCH3 is 1. The summed E-state index contributed by atoms with van der Waals surface area (Å²) in [6.45, 7) is 4.91. The molecule has 0 unspecified atom stereocenters. The van der Waals surface area contributed by atoms with Crippen LogP contribution >= 0.6 is 0 Å². The predicted molar refractivity (Wildman–Crippen MR) is 52.6 cm³/mol. The van der Waals surface area contributed by atoms with Gasteiger partial charge in [0.25, 0.3) is 0 Å². The van der Waals surface area contributed by atoms with E-state index in [1.807, 2.05) is 0 Å². The molecule has 0 rings (SSSR count). The summed E-state index contributed by atoms with van der Waals surface area (Å²) in [5, 5.41) is 10.9. The zero-order valence-electron chi connectivity index (χ0n) is 8.73. The van der Waals surface area contributed by atoms with Crippen LogP contribution in [0.1, 0.15) is 6.92 Å². The molecule has 0 spiro atoms. The Morgan fingerprint density at radius 3 is 2.60 bits per heavy atom. The van der Waals surface area contributed by atoms with Crippen LogP contribution in [0, 0.1) is 0 Å². The van der Waals surface area contributed by atoms with Crippen molar-refractivity contribution >= 4 is 12.1 Å². The molecule has 0 aromatic carbocycles. The second-order valence-corrected chi connectivity index (χ2v) is 2.79. The molecule has 86 valence electrons. The molecule has 15 heavy (non-hydrogen) atoms. The highest BCUT2D eigenvalue weighted by atomic mass is 16.5. The standard InChI is InChI=1S/C9H15NO5/c1-4-5-15-9(13)10-7(8(11)12)6(2)14-3/h4,6-7H,1,5H2,2-3H3,(H,10,13)(H,11,12)/t6-,7+/m1/s1. The fourth-order valence-corrected chi connectivity index (χ4v) is 0.819. The van der Waals surface area contributed by atoms with Gasteiger partial charge in [-0.25, -0.2) is 9.59 Å². The van der Waals surface area contributed by atoms with Gasteiger partial charge < -0.3 is 19.9 Å². The Kier molecular flexibility index (Phi) is 6.12. The van der Waals surface area contributed by atoms with Crippen molar-refractivity contribution in [1.29, 1.82) is 0 Å². The fourth-order valence-electron chi connectivity index (χ4n) is 0.819. The molecule has 6 nitrogen and oxygen atoms in total. The van der Waals surface area contributed by atoms with E-state index in [9.17, 15) is 9.59 Å². The lowest BCUT2D eigenvalue weighted by Gasteiger charge is -2.19. The lowest BCUT2D eigenvalue weighted by molar-refractivity contribution is -0.142. The van der Waals surface area contributed by atoms with Crippen LogP contribution in [-0.4, -0.2) is 43.0 Å². The van der Waals surface area contributed by atoms with Crippen LogP contribution in [0.3, 0.4) is 0 Å². The highest BCUT2D eigenvalue weighted by Gasteiger charge is 2.26. The highest BCUT2D eigenvalue weighted by molar-refractivity contribution is 5.80. The number of carboxylic acids is 1. The zero-order valence-corrected chi connectivity index (χ0v) is 8.73. The molecular weight excluding hydrogens is 202 g/mol. The Labute approximate surface area is 87.9 Å². The van der Waals surface area contributed by atoms with Gasteiger partial charge in [0.05, 0.1) is 6.10 Å². The van der Waals surface area contributed by atoms with Crippen molar-refractivity contribution in [2.45, 2.75) is 19.1 Å². The number of carbonyl (C=O) groups is 2. The predicted octanol–water partition coefficient (Wildman–Crippen LogP) is 0.387. The topological polar surface area (TPSA) is 84.9 Å². The first kappa shape index (κ1) is 13.4. The number of hydrogen-bond acceptors (Lipinski definition) is 4. The molecule has 0 aromatic heterocycles. The third-order valence-corrected chi connectivity index (χ3v) is 1.71. The van der Waals surface area contributed by atoms with Crippen molar-refractivity contribution in [3.8, 4) is 0 Å². The van der Waals surface area contributed by atoms with Gasteiger partial charge in [-0.1, -0.05) is 12.7 Å². The average molecular weight is 217 g/mol. The number of nitrogens with one attached hydrogen (secondary N) is 1. The average Bonchev–Trinajstić information content (AvgIpc) is 2.21. The van der Waals surface area contributed by atoms with Gasteiger partial charge in [-0.3, -0.25) is 0 Å². The normalized spacial score (nSPS) is 13.7. The summed E-state index contributed by atoms with van der Waals surface area (Å²) in [6.07, 6.45) is -0.0697. The van der Waals surface area contributed by atoms with Crippen molar-refractivity contribution in [3.05, 3.63) is 12.7 Å². The minimum atomic E-state index is -1.18. The summed E-state index contributed by atoms with van der Waals surface area (Å²) in [4.78, 5) is 21.8. The minimum Gasteiger partial charge on any atom is -0.480 e. The van der Waals surface area contributed by atoms with Gasteiger partial charge in [0, 0.05) is 7.11 Å². The second-order valence-electron chi connectivity index (χ2n) is 2.79. The third kappa shape index (κ3) is 5.02. The SMILES string of the molecule is C=CCOC(=O)N[C@H](C(=O)O)[C@@H](C)OC. The van der Waals surface area contributed by atoms with E-state index >= 15 is 0 Å². The minimum absolute atomic E-state index is 0.0273. The Hall–Kier alpha value is -1.56. The Morgan fingerprint density at radius 2 is 2.20 bits per heavy atom. The lowest BCUT2D eigenvalue weighted by atomic mass is 10.2. The fraction of sp³-hybridized carbons (Fsp3) is 0.556. The highest BCUT2D eigenvalue weighted by Crippen LogP contribution is 1.98. The maximum atomic E-state index is 11.0. The van der Waals surface area contributed by atoms with Gasteiger partial charge in [0.1, 0.15) is 6.61 Å². The summed E-state index contributed by atoms with van der Waals surface area (Å²) in [7, 11) is 1.36. The van der Waals surface area contributed by atoms with Crippen LogP contribution in [0.4, 0.5) is 4.79 Å². The van der Waals surface area contributed by atoms with Gasteiger partial charge in [-0.05, 0) is 6.92 Å². The van der Waals surface area contributed by atoms with Gasteiger partial charge in [0.15, 0.2) is 6.04 Å². The molecule has 2 atom stereocenters. The van der Waals surface area contributed by atoms with Crippen LogP contribution in [0.25, 0.3) is 0 Å². The molecule has 0 saturated heterocycles. The summed E-state index contributed by atoms with van der Waals surface area (Å²) >= 11 is 0. The summed E-state index contributed by atoms with van der Waals surface area (Å²) in [5.41, 5.74) is 0. The van der Waals surface area contributed by atoms with Crippen molar-refractivity contribution in [1.82, 2.24) is 5.32 Å². The molecule has 0 aliphatic heterocycles. The van der Waals surface area contributed by atoms with Gasteiger partial charge in [0.2, 0.25) is 0 Å². The molecule has 1 amide bonds. The molecular formula is C9H15NO5. The van der Waals surface area contributed by atoms with Crippen LogP contribution in [-0.2, 0) is 14.3 Å². The maximum Gasteiger partial charge on any atom is 0.408 e. The molecule has 0 fully saturated rings. The number of carboxylic acid groups (broad SMARTS) is 1. The monoisotopic (exact) mass is 217 g/mol. The van der Waals surface area contributed by atoms with Crippen molar-refractivity contribution in [3.63, 3.8) is 0 Å². The van der Waals surface area contributed by atoms with E-state index in [1.165, 1.54) is 20.1 Å². The van der Waals surface area contributed by atoms with Crippen LogP contribution in [0.15, 0.2) is 12.7 Å². The summed E-state index contributed by atoms with van der Waals surface area (Å²) in [5.74, 6) is -1.18. The zero-order chi connectivity index (χ0) is 11.8. The van der Waals surface area contributed by atoms with Crippen LogP contribution in [0.5, 0.6) is 0 Å². The van der Waals surface area contributed by atoms with E-state index in [-0.39, 0.29) is 6.61 Å². The Morgan fingerprint density at radius 1 is 1.60 bits per heavy atom. The molecule has 6 heteroatoms. The molecule has 0 aliphatic rings. The van der Waals surface area contributed by atoms with E-state index in [2.05, 4.69) is 16.6 Å². The number of alkyl carbamates (subject to hydrolysis) is 1. The molecule has 0 saturated carbocycles. The Balaban J connectivity index is 4.22. The smallest absolute Gasteiger partial charge is 0.408 e. The number of aliphatic carboxylic acids is 1. The van der Waals surface area contributed by atoms with Gasteiger partial charge in [-0.2, -0.15) is 0 Å². The summed E-state index contributed by atoms with van der Waals surface area (Å²) in [6, 6.07) is -1.13. The van der Waals surface area contributed by atoms with Gasteiger partial charge >= 0.3 is 12.1 Å². The largest absolute Gasteiger partial charge is 0.480 e. The van der Waals surface area contributed by atoms with E-state index in [1.54, 1.807) is 0 Å². The third-order valence-electron chi connectivity index (χ3n) is 1.71. The molecule has 2 N–H and O–H groups in total. The van der Waals surface area contributed by atoms with Crippen molar-refractivity contribution in [2.24, 2.45) is 0 Å². The van der Waals surface area contributed by atoms with E-state index in [0.717, 1.165) is 0 Å². The first-order valence-corrected chi connectivity index (χ1v) is 4.32. The van der Waals surface area contributed by atoms with Crippen molar-refractivity contribution in [2.75, 3.05) is 13.7 Å². The van der Waals surface area contributed by atoms with E-state index < -0.39 is 24.2 Å². The molecule has 0 aliphatic carbocycles. The number of carbonyl (C=O) groups excluding carboxylic acids is 1. The first-order chi connectivity index (χ1) is 7.02. The van der Waals surface area contributed by atoms with Gasteiger partial charge in [-0.15, -0.1) is 0 Å². The van der Waals surface area contributed by atoms with E-state index in [0.29, 0.717) is 0 Å². The number of rotatable bonds is 6. The number of ether oxygens (including phenoxy) is 2. The Bertz CT molecular complexity index is 241. The maximum absolute atomic E-state index is 11.0. The molecule has 0 heterocycles. The van der Waals surface area contributed by atoms with Crippen LogP contribution in [0.2, 0.25) is 0 Å². The molecule has 0 radical (unpaired) electrons. The molecule has 0 aromatic rings. The first-order valence-electron chi connectivity index (χ1n) is 4.32. The molecule has 0 bridgehead atoms. The lowest BCUT2D eigenvalue weighted by Crippen LogP contribution is -2.48. The van der Waals surface area contributed by atoms with Crippen LogP contribution < -0.4 is 5.32 Å². The van der Waals surface area contributed by atoms with Crippen molar-refractivity contribution < 1.29 is 24.2 Å². The number of hydrogen-bond donors (Lipinski definition) is 2. The quantitative estimate of drug-likeness (QED) is 0.628.